The van der Waals surface area contributed by atoms with Gasteiger partial charge in [-0.1, -0.05) is 0 Å². The fourth-order valence-corrected chi connectivity index (χ4v) is 1.26. The average Bonchev–Trinajstić information content (AvgIpc) is 2.37. The Morgan fingerprint density at radius 1 is 1.37 bits per heavy atom. The first-order valence-corrected chi connectivity index (χ1v) is 5.42. The number of carboxylic acids is 1. The number of hydrogen-bond acceptors (Lipinski definition) is 4. The molecule has 1 rings (SSSR count). The summed E-state index contributed by atoms with van der Waals surface area (Å²) < 4.78 is 22.4. The Labute approximate surface area is 109 Å². The van der Waals surface area contributed by atoms with Crippen molar-refractivity contribution in [1.82, 2.24) is 5.32 Å². The predicted molar refractivity (Wildman–Crippen MR) is 63.3 cm³/mol. The molecular formula is C12H14FNO5. The molecule has 7 heteroatoms. The maximum absolute atomic E-state index is 12.6. The Hall–Kier alpha value is -2.15. The number of benzene rings is 1. The van der Waals surface area contributed by atoms with Crippen LogP contribution in [0.1, 0.15) is 0 Å². The van der Waals surface area contributed by atoms with E-state index in [1.807, 2.05) is 0 Å². The van der Waals surface area contributed by atoms with E-state index < -0.39 is 23.7 Å². The van der Waals surface area contributed by atoms with Crippen molar-refractivity contribution in [2.24, 2.45) is 0 Å². The normalized spacial score (nSPS) is 11.7. The van der Waals surface area contributed by atoms with E-state index in [9.17, 15) is 14.0 Å². The number of carbonyl (C=O) groups is 2. The Morgan fingerprint density at radius 2 is 2.00 bits per heavy atom. The van der Waals surface area contributed by atoms with Crippen LogP contribution in [0, 0.1) is 5.82 Å². The SMILES string of the molecule is COCC(NC(=O)COc1ccc(F)cc1)C(=O)O. The van der Waals surface area contributed by atoms with E-state index in [1.54, 1.807) is 0 Å². The van der Waals surface area contributed by atoms with Gasteiger partial charge in [0.1, 0.15) is 11.6 Å². The van der Waals surface area contributed by atoms with Crippen LogP contribution >= 0.6 is 0 Å². The molecule has 0 aliphatic carbocycles. The third kappa shape index (κ3) is 5.35. The van der Waals surface area contributed by atoms with E-state index in [4.69, 9.17) is 9.84 Å². The summed E-state index contributed by atoms with van der Waals surface area (Å²) in [5.74, 6) is -1.90. The second kappa shape index (κ2) is 7.32. The van der Waals surface area contributed by atoms with Crippen molar-refractivity contribution in [2.45, 2.75) is 6.04 Å². The minimum Gasteiger partial charge on any atom is -0.484 e. The summed E-state index contributed by atoms with van der Waals surface area (Å²) in [6, 6.07) is 3.99. The molecule has 0 bridgehead atoms. The molecule has 0 radical (unpaired) electrons. The van der Waals surface area contributed by atoms with E-state index >= 15 is 0 Å². The summed E-state index contributed by atoms with van der Waals surface area (Å²) in [7, 11) is 1.33. The molecule has 0 aliphatic rings. The van der Waals surface area contributed by atoms with Gasteiger partial charge in [0.2, 0.25) is 0 Å². The topological polar surface area (TPSA) is 84.9 Å². The average molecular weight is 271 g/mol. The highest BCUT2D eigenvalue weighted by Gasteiger charge is 2.19. The maximum atomic E-state index is 12.6. The smallest absolute Gasteiger partial charge is 0.328 e. The van der Waals surface area contributed by atoms with Gasteiger partial charge in [-0.15, -0.1) is 0 Å². The Kier molecular flexibility index (Phi) is 5.74. The molecule has 0 saturated heterocycles. The van der Waals surface area contributed by atoms with Crippen molar-refractivity contribution in [3.05, 3.63) is 30.1 Å². The zero-order valence-electron chi connectivity index (χ0n) is 10.3. The molecule has 0 aromatic heterocycles. The van der Waals surface area contributed by atoms with Gasteiger partial charge < -0.3 is 19.9 Å². The molecule has 0 heterocycles. The molecular weight excluding hydrogens is 257 g/mol. The predicted octanol–water partition coefficient (Wildman–Crippen LogP) is 0.420. The van der Waals surface area contributed by atoms with E-state index in [2.05, 4.69) is 10.1 Å². The number of aliphatic carboxylic acids is 1. The number of methoxy groups -OCH3 is 1. The molecule has 1 amide bonds. The summed E-state index contributed by atoms with van der Waals surface area (Å²) in [5.41, 5.74) is 0. The van der Waals surface area contributed by atoms with Crippen LogP contribution in [0.3, 0.4) is 0 Å². The van der Waals surface area contributed by atoms with Gasteiger partial charge in [0, 0.05) is 7.11 Å². The number of carbonyl (C=O) groups excluding carboxylic acids is 1. The number of amides is 1. The van der Waals surface area contributed by atoms with Crippen molar-refractivity contribution in [3.8, 4) is 5.75 Å². The lowest BCUT2D eigenvalue weighted by Crippen LogP contribution is -2.45. The van der Waals surface area contributed by atoms with Crippen molar-refractivity contribution in [2.75, 3.05) is 20.3 Å². The molecule has 0 aliphatic heterocycles. The lowest BCUT2D eigenvalue weighted by molar-refractivity contribution is -0.143. The van der Waals surface area contributed by atoms with Crippen molar-refractivity contribution in [1.29, 1.82) is 0 Å². The van der Waals surface area contributed by atoms with Crippen LogP contribution in [0.4, 0.5) is 4.39 Å². The Morgan fingerprint density at radius 3 is 2.53 bits per heavy atom. The number of ether oxygens (including phenoxy) is 2. The maximum Gasteiger partial charge on any atom is 0.328 e. The molecule has 6 nitrogen and oxygen atoms in total. The van der Waals surface area contributed by atoms with Gasteiger partial charge >= 0.3 is 5.97 Å². The number of rotatable bonds is 7. The van der Waals surface area contributed by atoms with Crippen molar-refractivity contribution >= 4 is 11.9 Å². The lowest BCUT2D eigenvalue weighted by atomic mass is 10.3. The van der Waals surface area contributed by atoms with E-state index in [1.165, 1.54) is 31.4 Å². The number of nitrogens with one attached hydrogen (secondary N) is 1. The van der Waals surface area contributed by atoms with Crippen LogP contribution in [-0.4, -0.2) is 43.3 Å². The molecule has 19 heavy (non-hydrogen) atoms. The molecule has 1 atom stereocenters. The zero-order chi connectivity index (χ0) is 14.3. The first-order valence-electron chi connectivity index (χ1n) is 5.42. The molecule has 0 fully saturated rings. The lowest BCUT2D eigenvalue weighted by Gasteiger charge is -2.13. The van der Waals surface area contributed by atoms with Crippen LogP contribution in [-0.2, 0) is 14.3 Å². The van der Waals surface area contributed by atoms with Gasteiger partial charge in [0.15, 0.2) is 12.6 Å². The van der Waals surface area contributed by atoms with Gasteiger partial charge in [-0.25, -0.2) is 9.18 Å². The van der Waals surface area contributed by atoms with Crippen LogP contribution in [0.15, 0.2) is 24.3 Å². The summed E-state index contributed by atoms with van der Waals surface area (Å²) >= 11 is 0. The molecule has 0 saturated carbocycles. The van der Waals surface area contributed by atoms with Gasteiger partial charge in [0.25, 0.3) is 5.91 Å². The zero-order valence-corrected chi connectivity index (χ0v) is 10.3. The van der Waals surface area contributed by atoms with Crippen LogP contribution in [0.5, 0.6) is 5.75 Å². The number of carboxylic acid groups (broad SMARTS) is 1. The highest BCUT2D eigenvalue weighted by molar-refractivity contribution is 5.84. The molecule has 2 N–H and O–H groups in total. The Balaban J connectivity index is 2.42. The quantitative estimate of drug-likeness (QED) is 0.750. The Bertz CT molecular complexity index is 434. The largest absolute Gasteiger partial charge is 0.484 e. The van der Waals surface area contributed by atoms with Crippen molar-refractivity contribution in [3.63, 3.8) is 0 Å². The number of halogens is 1. The molecule has 104 valence electrons. The van der Waals surface area contributed by atoms with E-state index in [-0.39, 0.29) is 13.2 Å². The standard InChI is InChI=1S/C12H14FNO5/c1-18-6-10(12(16)17)14-11(15)7-19-9-4-2-8(13)3-5-9/h2-5,10H,6-7H2,1H3,(H,14,15)(H,16,17). The second-order valence-corrected chi connectivity index (χ2v) is 3.66. The minimum atomic E-state index is -1.20. The van der Waals surface area contributed by atoms with E-state index in [0.29, 0.717) is 5.75 Å². The summed E-state index contributed by atoms with van der Waals surface area (Å²) in [4.78, 5) is 22.2. The highest BCUT2D eigenvalue weighted by Crippen LogP contribution is 2.10. The van der Waals surface area contributed by atoms with Gasteiger partial charge in [0.05, 0.1) is 6.61 Å². The van der Waals surface area contributed by atoms with Crippen LogP contribution < -0.4 is 10.1 Å². The molecule has 1 unspecified atom stereocenters. The monoisotopic (exact) mass is 271 g/mol. The van der Waals surface area contributed by atoms with Gasteiger partial charge in [-0.2, -0.15) is 0 Å². The van der Waals surface area contributed by atoms with Crippen molar-refractivity contribution < 1.29 is 28.6 Å². The summed E-state index contributed by atoms with van der Waals surface area (Å²) in [6.07, 6.45) is 0. The first kappa shape index (κ1) is 14.9. The van der Waals surface area contributed by atoms with Crippen LogP contribution in [0.2, 0.25) is 0 Å². The summed E-state index contributed by atoms with van der Waals surface area (Å²) in [5, 5.41) is 11.0. The van der Waals surface area contributed by atoms with Gasteiger partial charge in [-0.3, -0.25) is 4.79 Å². The molecule has 1 aromatic carbocycles. The fourth-order valence-electron chi connectivity index (χ4n) is 1.26. The third-order valence-corrected chi connectivity index (χ3v) is 2.15. The first-order chi connectivity index (χ1) is 9.02. The summed E-state index contributed by atoms with van der Waals surface area (Å²) in [6.45, 7) is -0.503. The number of hydrogen-bond donors (Lipinski definition) is 2. The second-order valence-electron chi connectivity index (χ2n) is 3.66. The molecule has 1 aromatic rings. The van der Waals surface area contributed by atoms with E-state index in [0.717, 1.165) is 0 Å². The fraction of sp³-hybridized carbons (Fsp3) is 0.333. The highest BCUT2D eigenvalue weighted by atomic mass is 19.1. The third-order valence-electron chi connectivity index (χ3n) is 2.15. The van der Waals surface area contributed by atoms with Crippen LogP contribution in [0.25, 0.3) is 0 Å². The minimum absolute atomic E-state index is 0.141. The molecule has 0 spiro atoms. The van der Waals surface area contributed by atoms with Gasteiger partial charge in [-0.05, 0) is 24.3 Å².